The summed E-state index contributed by atoms with van der Waals surface area (Å²) >= 11 is 3.37. The molecule has 0 aliphatic heterocycles. The predicted octanol–water partition coefficient (Wildman–Crippen LogP) is 4.26. The second-order valence-electron chi connectivity index (χ2n) is 5.00. The zero-order valence-electron chi connectivity index (χ0n) is 13.1. The molecule has 0 bridgehead atoms. The van der Waals surface area contributed by atoms with Crippen LogP contribution < -0.4 is 5.32 Å². The van der Waals surface area contributed by atoms with Gasteiger partial charge < -0.3 is 0 Å². The molecule has 0 aliphatic carbocycles. The number of aryl methyl sites for hydroxylation is 1. The number of aromatic nitrogens is 4. The third-order valence-electron chi connectivity index (χ3n) is 3.10. The summed E-state index contributed by atoms with van der Waals surface area (Å²) in [6.45, 7) is 1.68. The molecular weight excluding hydrogens is 407 g/mol. The van der Waals surface area contributed by atoms with Crippen LogP contribution in [0, 0.1) is 6.92 Å². The summed E-state index contributed by atoms with van der Waals surface area (Å²) in [5.41, 5.74) is 0.363. The number of halogens is 3. The number of benzene rings is 1. The van der Waals surface area contributed by atoms with Crippen LogP contribution in [0.5, 0.6) is 0 Å². The first-order valence-electron chi connectivity index (χ1n) is 7.05. The van der Waals surface area contributed by atoms with Gasteiger partial charge in [0, 0.05) is 5.75 Å². The van der Waals surface area contributed by atoms with E-state index in [1.807, 2.05) is 0 Å². The molecule has 136 valence electrons. The van der Waals surface area contributed by atoms with Crippen LogP contribution in [0.15, 0.2) is 28.6 Å². The van der Waals surface area contributed by atoms with Crippen LogP contribution >= 0.6 is 34.6 Å². The lowest BCUT2D eigenvalue weighted by Crippen LogP contribution is -2.11. The van der Waals surface area contributed by atoms with Crippen molar-refractivity contribution in [2.45, 2.75) is 23.2 Å². The van der Waals surface area contributed by atoms with Crippen molar-refractivity contribution in [1.82, 2.24) is 19.8 Å². The standard InChI is InChI=1S/C14H10F3N5OS3/c1-7-10(26-22-19-7)11(23)18-12-20-21-13(25-12)24-6-8-3-2-4-9(5-8)14(15,16)17/h2-5H,6H2,1H3,(H,18,20,23). The summed E-state index contributed by atoms with van der Waals surface area (Å²) in [6, 6.07) is 5.13. The van der Waals surface area contributed by atoms with Crippen LogP contribution in [0.1, 0.15) is 26.5 Å². The first-order chi connectivity index (χ1) is 12.3. The zero-order valence-corrected chi connectivity index (χ0v) is 15.5. The van der Waals surface area contributed by atoms with Crippen molar-refractivity contribution in [3.05, 3.63) is 46.0 Å². The number of nitrogens with one attached hydrogen (secondary N) is 1. The van der Waals surface area contributed by atoms with Crippen LogP contribution in [-0.2, 0) is 11.9 Å². The van der Waals surface area contributed by atoms with Gasteiger partial charge in [-0.25, -0.2) is 0 Å². The SMILES string of the molecule is Cc1nnsc1C(=O)Nc1nnc(SCc2cccc(C(F)(F)F)c2)s1. The van der Waals surface area contributed by atoms with E-state index in [1.54, 1.807) is 13.0 Å². The van der Waals surface area contributed by atoms with E-state index in [9.17, 15) is 18.0 Å². The number of hydrogen-bond acceptors (Lipinski definition) is 8. The van der Waals surface area contributed by atoms with Crippen LogP contribution in [0.4, 0.5) is 18.3 Å². The molecule has 1 N–H and O–H groups in total. The van der Waals surface area contributed by atoms with Crippen molar-refractivity contribution in [2.75, 3.05) is 5.32 Å². The zero-order chi connectivity index (χ0) is 18.7. The first kappa shape index (κ1) is 18.7. The molecular formula is C14H10F3N5OS3. The van der Waals surface area contributed by atoms with E-state index in [-0.39, 0.29) is 5.91 Å². The molecule has 0 unspecified atom stereocenters. The average Bonchev–Trinajstić information content (AvgIpc) is 3.21. The fraction of sp³-hybridized carbons (Fsp3) is 0.214. The highest BCUT2D eigenvalue weighted by Gasteiger charge is 2.30. The summed E-state index contributed by atoms with van der Waals surface area (Å²) in [5.74, 6) is -0.0623. The van der Waals surface area contributed by atoms with Crippen molar-refractivity contribution in [3.8, 4) is 0 Å². The molecule has 0 radical (unpaired) electrons. The summed E-state index contributed by atoms with van der Waals surface area (Å²) in [5, 5.41) is 14.5. The number of hydrogen-bond donors (Lipinski definition) is 1. The molecule has 0 saturated carbocycles. The van der Waals surface area contributed by atoms with Crippen molar-refractivity contribution in [3.63, 3.8) is 0 Å². The van der Waals surface area contributed by atoms with Gasteiger partial charge in [0.1, 0.15) is 4.88 Å². The first-order valence-corrected chi connectivity index (χ1v) is 9.63. The maximum atomic E-state index is 12.7. The number of nitrogens with zero attached hydrogens (tertiary/aromatic N) is 4. The molecule has 6 nitrogen and oxygen atoms in total. The third-order valence-corrected chi connectivity index (χ3v) is 5.97. The Balaban J connectivity index is 1.61. The fourth-order valence-corrected chi connectivity index (χ4v) is 4.14. The maximum Gasteiger partial charge on any atom is 0.416 e. The maximum absolute atomic E-state index is 12.7. The minimum atomic E-state index is -4.37. The molecule has 0 atom stereocenters. The van der Waals surface area contributed by atoms with E-state index in [2.05, 4.69) is 25.1 Å². The lowest BCUT2D eigenvalue weighted by atomic mass is 10.1. The van der Waals surface area contributed by atoms with Crippen molar-refractivity contribution >= 4 is 45.7 Å². The topological polar surface area (TPSA) is 80.7 Å². The molecule has 3 aromatic rings. The van der Waals surface area contributed by atoms with Gasteiger partial charge in [-0.3, -0.25) is 10.1 Å². The van der Waals surface area contributed by atoms with Crippen LogP contribution in [0.3, 0.4) is 0 Å². The highest BCUT2D eigenvalue weighted by Crippen LogP contribution is 2.32. The molecule has 12 heteroatoms. The molecule has 3 rings (SSSR count). The van der Waals surface area contributed by atoms with Crippen molar-refractivity contribution < 1.29 is 18.0 Å². The Kier molecular flexibility index (Phi) is 5.53. The molecule has 1 aromatic carbocycles. The van der Waals surface area contributed by atoms with Gasteiger partial charge in [-0.1, -0.05) is 45.8 Å². The predicted molar refractivity (Wildman–Crippen MR) is 93.5 cm³/mol. The Hall–Kier alpha value is -2.05. The summed E-state index contributed by atoms with van der Waals surface area (Å²) in [7, 11) is 0. The minimum absolute atomic E-state index is 0.300. The van der Waals surface area contributed by atoms with E-state index in [0.717, 1.165) is 35.0 Å². The lowest BCUT2D eigenvalue weighted by molar-refractivity contribution is -0.137. The molecule has 1 amide bonds. The number of anilines is 1. The van der Waals surface area contributed by atoms with E-state index in [4.69, 9.17) is 0 Å². The number of alkyl halides is 3. The van der Waals surface area contributed by atoms with Gasteiger partial charge in [0.25, 0.3) is 5.91 Å². The molecule has 26 heavy (non-hydrogen) atoms. The van der Waals surface area contributed by atoms with Gasteiger partial charge >= 0.3 is 6.18 Å². The summed E-state index contributed by atoms with van der Waals surface area (Å²) < 4.78 is 42.4. The Morgan fingerprint density at radius 2 is 2.08 bits per heavy atom. The van der Waals surface area contributed by atoms with Gasteiger partial charge in [0.05, 0.1) is 11.3 Å². The largest absolute Gasteiger partial charge is 0.416 e. The Labute approximate surface area is 158 Å². The van der Waals surface area contributed by atoms with Gasteiger partial charge in [-0.05, 0) is 30.1 Å². The third kappa shape index (κ3) is 4.56. The van der Waals surface area contributed by atoms with E-state index < -0.39 is 11.7 Å². The second kappa shape index (κ2) is 7.68. The number of rotatable bonds is 5. The molecule has 0 saturated heterocycles. The van der Waals surface area contributed by atoms with Crippen LogP contribution in [0.2, 0.25) is 0 Å². The highest BCUT2D eigenvalue weighted by atomic mass is 32.2. The average molecular weight is 417 g/mol. The number of carbonyl (C=O) groups is 1. The number of thioether (sulfide) groups is 1. The molecule has 2 aromatic heterocycles. The van der Waals surface area contributed by atoms with Gasteiger partial charge in [0.15, 0.2) is 4.34 Å². The van der Waals surface area contributed by atoms with Gasteiger partial charge in [-0.15, -0.1) is 15.3 Å². The second-order valence-corrected chi connectivity index (χ2v) is 7.96. The minimum Gasteiger partial charge on any atom is -0.296 e. The van der Waals surface area contributed by atoms with Gasteiger partial charge in [-0.2, -0.15) is 13.2 Å². The Morgan fingerprint density at radius 1 is 1.27 bits per heavy atom. The van der Waals surface area contributed by atoms with Crippen LogP contribution in [-0.4, -0.2) is 25.7 Å². The van der Waals surface area contributed by atoms with Crippen molar-refractivity contribution in [1.29, 1.82) is 0 Å². The summed E-state index contributed by atoms with van der Waals surface area (Å²) in [4.78, 5) is 12.4. The molecule has 0 spiro atoms. The quantitative estimate of drug-likeness (QED) is 0.494. The number of amides is 1. The monoisotopic (exact) mass is 417 g/mol. The van der Waals surface area contributed by atoms with E-state index in [1.165, 1.54) is 17.8 Å². The Morgan fingerprint density at radius 3 is 2.77 bits per heavy atom. The van der Waals surface area contributed by atoms with Crippen LogP contribution in [0.25, 0.3) is 0 Å². The molecule has 0 aliphatic rings. The molecule has 2 heterocycles. The summed E-state index contributed by atoms with van der Waals surface area (Å²) in [6.07, 6.45) is -4.37. The van der Waals surface area contributed by atoms with Crippen molar-refractivity contribution in [2.24, 2.45) is 0 Å². The van der Waals surface area contributed by atoms with E-state index in [0.29, 0.717) is 31.4 Å². The molecule has 0 fully saturated rings. The van der Waals surface area contributed by atoms with Gasteiger partial charge in [0.2, 0.25) is 5.13 Å². The Bertz CT molecular complexity index is 924. The lowest BCUT2D eigenvalue weighted by Gasteiger charge is -2.07. The normalized spacial score (nSPS) is 11.5. The van der Waals surface area contributed by atoms with E-state index >= 15 is 0 Å². The number of carbonyl (C=O) groups excluding carboxylic acids is 1. The fourth-order valence-electron chi connectivity index (χ4n) is 1.89. The smallest absolute Gasteiger partial charge is 0.296 e. The highest BCUT2D eigenvalue weighted by molar-refractivity contribution is 8.00.